The van der Waals surface area contributed by atoms with Crippen molar-refractivity contribution >= 4 is 23.3 Å². The van der Waals surface area contributed by atoms with Gasteiger partial charge in [0.25, 0.3) is 5.91 Å². The number of imide groups is 1. The number of benzene rings is 1. The number of nitrogens with one attached hydrogen (secondary N) is 1. The smallest absolute Gasteiger partial charge is 0.326 e. The molecule has 3 aliphatic heterocycles. The van der Waals surface area contributed by atoms with Gasteiger partial charge in [-0.1, -0.05) is 6.07 Å². The summed E-state index contributed by atoms with van der Waals surface area (Å²) in [5.74, 6) is 1.30. The summed E-state index contributed by atoms with van der Waals surface area (Å²) in [7, 11) is 5.33. The minimum atomic E-state index is -0.758. The van der Waals surface area contributed by atoms with E-state index in [0.29, 0.717) is 24.3 Å². The third-order valence-electron chi connectivity index (χ3n) is 7.20. The highest BCUT2D eigenvalue weighted by molar-refractivity contribution is 7.10. The highest BCUT2D eigenvalue weighted by Gasteiger charge is 2.52. The van der Waals surface area contributed by atoms with Crippen LogP contribution >= 0.6 is 11.3 Å². The minimum absolute atomic E-state index is 0.0665. The number of methoxy groups -OCH3 is 2. The Hall–Kier alpha value is -2.62. The van der Waals surface area contributed by atoms with Crippen molar-refractivity contribution in [3.8, 4) is 11.5 Å². The van der Waals surface area contributed by atoms with Crippen LogP contribution in [0.4, 0.5) is 4.79 Å². The third-order valence-corrected chi connectivity index (χ3v) is 8.12. The first kappa shape index (κ1) is 22.2. The van der Waals surface area contributed by atoms with Crippen LogP contribution in [0.3, 0.4) is 0 Å². The molecule has 1 N–H and O–H groups in total. The fraction of sp³-hybridized carbons (Fsp3) is 0.500. The Morgan fingerprint density at radius 2 is 1.85 bits per heavy atom. The lowest BCUT2D eigenvalue weighted by Crippen LogP contribution is -2.54. The second kappa shape index (κ2) is 8.62. The number of carbonyl (C=O) groups is 2. The Bertz CT molecular complexity index is 1050. The summed E-state index contributed by atoms with van der Waals surface area (Å²) in [6.07, 6.45) is 2.11. The number of likely N-dealkylation sites (tertiary alicyclic amines) is 1. The molecule has 176 valence electrons. The fourth-order valence-electron chi connectivity index (χ4n) is 5.26. The molecule has 3 aliphatic rings. The topological polar surface area (TPSA) is 74.4 Å². The van der Waals surface area contributed by atoms with Crippen molar-refractivity contribution in [2.45, 2.75) is 30.8 Å². The van der Waals surface area contributed by atoms with Gasteiger partial charge in [0, 0.05) is 24.5 Å². The highest BCUT2D eigenvalue weighted by Crippen LogP contribution is 2.42. The van der Waals surface area contributed by atoms with E-state index < -0.39 is 5.54 Å². The first-order chi connectivity index (χ1) is 16.0. The third kappa shape index (κ3) is 3.78. The Balaban J connectivity index is 1.46. The average molecular weight is 471 g/mol. The normalized spacial score (nSPS) is 23.0. The zero-order valence-corrected chi connectivity index (χ0v) is 20.1. The largest absolute Gasteiger partial charge is 0.493 e. The van der Waals surface area contributed by atoms with Crippen molar-refractivity contribution in [3.05, 3.63) is 45.6 Å². The SMILES string of the molecule is COc1cc2c(cc1OC)C(c1cccs1)N(CN1C(=O)NC3(CCN(C)CC3)C1=O)CC2. The number of rotatable bonds is 5. The summed E-state index contributed by atoms with van der Waals surface area (Å²) >= 11 is 1.68. The lowest BCUT2D eigenvalue weighted by Gasteiger charge is -2.39. The van der Waals surface area contributed by atoms with E-state index in [9.17, 15) is 9.59 Å². The number of hydrogen-bond acceptors (Lipinski definition) is 7. The number of fused-ring (bicyclic) bond motifs is 1. The van der Waals surface area contributed by atoms with Gasteiger partial charge in [0.2, 0.25) is 0 Å². The predicted molar refractivity (Wildman–Crippen MR) is 126 cm³/mol. The Kier molecular flexibility index (Phi) is 5.80. The molecule has 1 unspecified atom stereocenters. The zero-order valence-electron chi connectivity index (χ0n) is 19.3. The first-order valence-electron chi connectivity index (χ1n) is 11.3. The number of urea groups is 1. The van der Waals surface area contributed by atoms with Gasteiger partial charge in [-0.25, -0.2) is 9.69 Å². The number of hydrogen-bond donors (Lipinski definition) is 1. The van der Waals surface area contributed by atoms with Gasteiger partial charge in [-0.15, -0.1) is 11.3 Å². The fourth-order valence-corrected chi connectivity index (χ4v) is 6.13. The maximum Gasteiger partial charge on any atom is 0.326 e. The minimum Gasteiger partial charge on any atom is -0.493 e. The van der Waals surface area contributed by atoms with Crippen LogP contribution in [-0.4, -0.2) is 79.7 Å². The number of carbonyl (C=O) groups excluding carboxylic acids is 2. The number of amides is 3. The molecule has 0 radical (unpaired) electrons. The summed E-state index contributed by atoms with van der Waals surface area (Å²) in [5, 5.41) is 5.09. The van der Waals surface area contributed by atoms with Gasteiger partial charge in [-0.05, 0) is 61.0 Å². The Labute approximate surface area is 198 Å². The van der Waals surface area contributed by atoms with Crippen LogP contribution in [0.2, 0.25) is 0 Å². The van der Waals surface area contributed by atoms with E-state index in [-0.39, 0.29) is 24.6 Å². The van der Waals surface area contributed by atoms with Crippen LogP contribution in [0.15, 0.2) is 29.6 Å². The first-order valence-corrected chi connectivity index (χ1v) is 12.2. The van der Waals surface area contributed by atoms with Gasteiger partial charge in [-0.3, -0.25) is 9.69 Å². The van der Waals surface area contributed by atoms with Gasteiger partial charge in [-0.2, -0.15) is 0 Å². The molecular weight excluding hydrogens is 440 g/mol. The number of nitrogens with zero attached hydrogens (tertiary/aromatic N) is 3. The molecule has 8 nitrogen and oxygen atoms in total. The van der Waals surface area contributed by atoms with Gasteiger partial charge >= 0.3 is 6.03 Å². The van der Waals surface area contributed by atoms with Crippen molar-refractivity contribution < 1.29 is 19.1 Å². The number of piperidine rings is 1. The van der Waals surface area contributed by atoms with E-state index in [1.165, 1.54) is 15.3 Å². The van der Waals surface area contributed by atoms with E-state index >= 15 is 0 Å². The molecule has 2 saturated heterocycles. The van der Waals surface area contributed by atoms with Crippen LogP contribution in [0, 0.1) is 0 Å². The maximum atomic E-state index is 13.5. The second-order valence-electron chi connectivity index (χ2n) is 9.08. The summed E-state index contributed by atoms with van der Waals surface area (Å²) in [6.45, 7) is 2.60. The molecule has 1 aromatic carbocycles. The second-order valence-corrected chi connectivity index (χ2v) is 10.1. The monoisotopic (exact) mass is 470 g/mol. The summed E-state index contributed by atoms with van der Waals surface area (Å²) in [6, 6.07) is 7.88. The predicted octanol–water partition coefficient (Wildman–Crippen LogP) is 2.69. The lowest BCUT2D eigenvalue weighted by molar-refractivity contribution is -0.134. The van der Waals surface area contributed by atoms with Gasteiger partial charge in [0.1, 0.15) is 5.54 Å². The molecular formula is C24H30N4O4S. The van der Waals surface area contributed by atoms with Crippen molar-refractivity contribution in [2.75, 3.05) is 47.6 Å². The number of thiophene rings is 1. The van der Waals surface area contributed by atoms with Crippen molar-refractivity contribution in [3.63, 3.8) is 0 Å². The summed E-state index contributed by atoms with van der Waals surface area (Å²) < 4.78 is 11.1. The summed E-state index contributed by atoms with van der Waals surface area (Å²) in [5.41, 5.74) is 1.57. The lowest BCUT2D eigenvalue weighted by atomic mass is 9.87. The van der Waals surface area contributed by atoms with E-state index in [1.807, 2.05) is 25.2 Å². The molecule has 1 spiro atoms. The molecule has 2 aromatic rings. The van der Waals surface area contributed by atoms with Crippen molar-refractivity contribution in [1.29, 1.82) is 0 Å². The van der Waals surface area contributed by atoms with Crippen LogP contribution in [0.1, 0.15) is 34.9 Å². The Morgan fingerprint density at radius 1 is 1.12 bits per heavy atom. The molecule has 5 rings (SSSR count). The van der Waals surface area contributed by atoms with Crippen molar-refractivity contribution in [2.24, 2.45) is 0 Å². The molecule has 1 aromatic heterocycles. The van der Waals surface area contributed by atoms with Crippen LogP contribution in [-0.2, 0) is 11.2 Å². The van der Waals surface area contributed by atoms with Crippen LogP contribution in [0.5, 0.6) is 11.5 Å². The average Bonchev–Trinajstić information content (AvgIpc) is 3.43. The number of ether oxygens (including phenoxy) is 2. The standard InChI is InChI=1S/C24H30N4O4S/c1-26-10-7-24(8-11-26)22(29)28(23(30)25-24)15-27-9-6-16-13-18(31-2)19(32-3)14-17(16)21(27)20-5-4-12-33-20/h4-5,12-14,21H,6-11,15H2,1-3H3,(H,25,30). The quantitative estimate of drug-likeness (QED) is 0.678. The molecule has 1 atom stereocenters. The van der Waals surface area contributed by atoms with E-state index in [2.05, 4.69) is 26.6 Å². The molecule has 33 heavy (non-hydrogen) atoms. The maximum absolute atomic E-state index is 13.5. The van der Waals surface area contributed by atoms with E-state index in [1.54, 1.807) is 25.6 Å². The highest BCUT2D eigenvalue weighted by atomic mass is 32.1. The molecule has 9 heteroatoms. The van der Waals surface area contributed by atoms with Gasteiger partial charge in [0.15, 0.2) is 11.5 Å². The van der Waals surface area contributed by atoms with E-state index in [4.69, 9.17) is 9.47 Å². The van der Waals surface area contributed by atoms with Crippen LogP contribution in [0.25, 0.3) is 0 Å². The van der Waals surface area contributed by atoms with Crippen molar-refractivity contribution in [1.82, 2.24) is 20.0 Å². The zero-order chi connectivity index (χ0) is 23.2. The molecule has 4 heterocycles. The van der Waals surface area contributed by atoms with E-state index in [0.717, 1.165) is 31.6 Å². The molecule has 0 saturated carbocycles. The molecule has 3 amide bonds. The molecule has 0 bridgehead atoms. The Morgan fingerprint density at radius 3 is 2.52 bits per heavy atom. The van der Waals surface area contributed by atoms with Crippen LogP contribution < -0.4 is 14.8 Å². The molecule has 0 aliphatic carbocycles. The summed E-state index contributed by atoms with van der Waals surface area (Å²) in [4.78, 5) is 33.4. The van der Waals surface area contributed by atoms with Gasteiger partial charge < -0.3 is 19.7 Å². The van der Waals surface area contributed by atoms with Gasteiger partial charge in [0.05, 0.1) is 26.9 Å². The molecule has 2 fully saturated rings.